The van der Waals surface area contributed by atoms with Gasteiger partial charge in [0.25, 0.3) is 0 Å². The number of ketones is 1. The molecule has 18 heavy (non-hydrogen) atoms. The molecule has 98 valence electrons. The number of hydrogen-bond donors (Lipinski definition) is 0. The molecular formula is C15H21NO2. The minimum atomic E-state index is 0.0716. The summed E-state index contributed by atoms with van der Waals surface area (Å²) in [6, 6.07) is 1.94. The molecular weight excluding hydrogens is 226 g/mol. The maximum atomic E-state index is 12.0. The Balaban J connectivity index is 2.10. The average Bonchev–Trinajstić information content (AvgIpc) is 2.66. The van der Waals surface area contributed by atoms with Crippen molar-refractivity contribution in [2.24, 2.45) is 5.41 Å². The number of fused-ring (bicyclic) bond motifs is 1. The number of carbonyl (C=O) groups excluding carboxylic acids is 1. The molecule has 0 saturated heterocycles. The number of carbonyl (C=O) groups is 1. The van der Waals surface area contributed by atoms with Crippen LogP contribution >= 0.6 is 0 Å². The second-order valence-electron chi connectivity index (χ2n) is 5.67. The van der Waals surface area contributed by atoms with Gasteiger partial charge in [0.1, 0.15) is 0 Å². The third-order valence-corrected chi connectivity index (χ3v) is 3.38. The molecule has 1 aromatic rings. The molecule has 0 bridgehead atoms. The number of nitrogens with zero attached hydrogens (tertiary/aromatic N) is 1. The molecule has 1 aliphatic rings. The van der Waals surface area contributed by atoms with Gasteiger partial charge in [0.15, 0.2) is 5.78 Å². The number of rotatable bonds is 5. The van der Waals surface area contributed by atoms with E-state index in [-0.39, 0.29) is 11.2 Å². The number of Topliss-reactive ketones (excluding diaryl/α,β-unsaturated/α-hetero) is 1. The van der Waals surface area contributed by atoms with E-state index in [9.17, 15) is 4.79 Å². The first kappa shape index (κ1) is 13.1. The summed E-state index contributed by atoms with van der Waals surface area (Å²) >= 11 is 0. The van der Waals surface area contributed by atoms with E-state index in [0.29, 0.717) is 19.6 Å². The maximum absolute atomic E-state index is 12.0. The predicted octanol–water partition coefficient (Wildman–Crippen LogP) is 2.85. The highest BCUT2D eigenvalue weighted by Crippen LogP contribution is 2.35. The molecule has 3 nitrogen and oxygen atoms in total. The van der Waals surface area contributed by atoms with E-state index < -0.39 is 0 Å². The van der Waals surface area contributed by atoms with Gasteiger partial charge in [0.2, 0.25) is 0 Å². The fourth-order valence-corrected chi connectivity index (χ4v) is 2.54. The third kappa shape index (κ3) is 2.72. The van der Waals surface area contributed by atoms with Crippen LogP contribution in [0, 0.1) is 5.41 Å². The molecule has 1 aromatic heterocycles. The van der Waals surface area contributed by atoms with Crippen molar-refractivity contribution >= 4 is 5.78 Å². The van der Waals surface area contributed by atoms with E-state index in [0.717, 1.165) is 18.5 Å². The van der Waals surface area contributed by atoms with Crippen molar-refractivity contribution in [3.05, 3.63) is 36.2 Å². The fourth-order valence-electron chi connectivity index (χ4n) is 2.54. The van der Waals surface area contributed by atoms with Crippen LogP contribution in [0.15, 0.2) is 24.9 Å². The Kier molecular flexibility index (Phi) is 3.71. The smallest absolute Gasteiger partial charge is 0.165 e. The van der Waals surface area contributed by atoms with Gasteiger partial charge in [0, 0.05) is 30.4 Å². The van der Waals surface area contributed by atoms with Crippen LogP contribution in [0.5, 0.6) is 0 Å². The monoisotopic (exact) mass is 247 g/mol. The maximum Gasteiger partial charge on any atom is 0.165 e. The van der Waals surface area contributed by atoms with Crippen LogP contribution in [0.2, 0.25) is 0 Å². The molecule has 0 N–H and O–H groups in total. The molecule has 0 unspecified atom stereocenters. The zero-order chi connectivity index (χ0) is 13.2. The van der Waals surface area contributed by atoms with E-state index in [1.54, 1.807) is 6.08 Å². The van der Waals surface area contributed by atoms with E-state index in [4.69, 9.17) is 4.74 Å². The summed E-state index contributed by atoms with van der Waals surface area (Å²) in [7, 11) is 0. The molecule has 1 aliphatic carbocycles. The highest BCUT2D eigenvalue weighted by Gasteiger charge is 2.32. The molecule has 0 fully saturated rings. The third-order valence-electron chi connectivity index (χ3n) is 3.38. The highest BCUT2D eigenvalue weighted by atomic mass is 16.5. The van der Waals surface area contributed by atoms with Crippen molar-refractivity contribution in [2.45, 2.75) is 33.2 Å². The zero-order valence-corrected chi connectivity index (χ0v) is 11.2. The van der Waals surface area contributed by atoms with E-state index in [1.165, 1.54) is 5.69 Å². The summed E-state index contributed by atoms with van der Waals surface area (Å²) in [5, 5.41) is 0. The normalized spacial score (nSPS) is 17.6. The average molecular weight is 247 g/mol. The van der Waals surface area contributed by atoms with Gasteiger partial charge in [-0.05, 0) is 17.9 Å². The second-order valence-corrected chi connectivity index (χ2v) is 5.67. The lowest BCUT2D eigenvalue weighted by Gasteiger charge is -2.29. The van der Waals surface area contributed by atoms with Gasteiger partial charge in [-0.15, -0.1) is 6.58 Å². The van der Waals surface area contributed by atoms with E-state index in [1.807, 2.05) is 12.3 Å². The molecule has 0 amide bonds. The Hall–Kier alpha value is -1.35. The first-order valence-corrected chi connectivity index (χ1v) is 6.43. The van der Waals surface area contributed by atoms with Crippen molar-refractivity contribution in [3.63, 3.8) is 0 Å². The van der Waals surface area contributed by atoms with Crippen LogP contribution in [0.25, 0.3) is 0 Å². The number of aromatic nitrogens is 1. The Morgan fingerprint density at radius 1 is 1.50 bits per heavy atom. The van der Waals surface area contributed by atoms with Crippen molar-refractivity contribution in [2.75, 3.05) is 13.2 Å². The van der Waals surface area contributed by atoms with Crippen molar-refractivity contribution in [1.29, 1.82) is 0 Å². The Morgan fingerprint density at radius 2 is 2.28 bits per heavy atom. The Morgan fingerprint density at radius 3 is 3.00 bits per heavy atom. The fraction of sp³-hybridized carbons (Fsp3) is 0.533. The van der Waals surface area contributed by atoms with Crippen LogP contribution in [0.3, 0.4) is 0 Å². The van der Waals surface area contributed by atoms with Gasteiger partial charge in [-0.2, -0.15) is 0 Å². The summed E-state index contributed by atoms with van der Waals surface area (Å²) < 4.78 is 7.55. The summed E-state index contributed by atoms with van der Waals surface area (Å²) in [6.07, 6.45) is 5.36. The van der Waals surface area contributed by atoms with Gasteiger partial charge in [0.05, 0.1) is 13.2 Å². The summed E-state index contributed by atoms with van der Waals surface area (Å²) in [4.78, 5) is 12.0. The van der Waals surface area contributed by atoms with Crippen molar-refractivity contribution < 1.29 is 9.53 Å². The van der Waals surface area contributed by atoms with E-state index in [2.05, 4.69) is 25.0 Å². The van der Waals surface area contributed by atoms with Crippen LogP contribution in [0.4, 0.5) is 0 Å². The first-order chi connectivity index (χ1) is 8.53. The molecule has 2 rings (SSSR count). The van der Waals surface area contributed by atoms with E-state index >= 15 is 0 Å². The molecule has 0 atom stereocenters. The Bertz CT molecular complexity index is 457. The highest BCUT2D eigenvalue weighted by molar-refractivity contribution is 5.98. The molecule has 0 radical (unpaired) electrons. The number of hydrogen-bond acceptors (Lipinski definition) is 2. The minimum Gasteiger partial charge on any atom is -0.376 e. The molecule has 0 saturated carbocycles. The Labute approximate surface area is 108 Å². The SMILES string of the molecule is C=CCOCCn1ccc2c1CC(C)(C)CC2=O. The summed E-state index contributed by atoms with van der Waals surface area (Å²) in [6.45, 7) is 9.95. The van der Waals surface area contributed by atoms with Gasteiger partial charge in [-0.3, -0.25) is 4.79 Å². The zero-order valence-electron chi connectivity index (χ0n) is 11.2. The van der Waals surface area contributed by atoms with Crippen molar-refractivity contribution in [3.8, 4) is 0 Å². The van der Waals surface area contributed by atoms with Gasteiger partial charge >= 0.3 is 0 Å². The van der Waals surface area contributed by atoms with Crippen LogP contribution in [-0.2, 0) is 17.7 Å². The van der Waals surface area contributed by atoms with Gasteiger partial charge < -0.3 is 9.30 Å². The second kappa shape index (κ2) is 5.11. The van der Waals surface area contributed by atoms with Crippen LogP contribution in [0.1, 0.15) is 36.3 Å². The van der Waals surface area contributed by atoms with Crippen LogP contribution in [-0.4, -0.2) is 23.6 Å². The lowest BCUT2D eigenvalue weighted by atomic mass is 9.76. The topological polar surface area (TPSA) is 31.2 Å². The molecule has 0 aromatic carbocycles. The van der Waals surface area contributed by atoms with Crippen molar-refractivity contribution in [1.82, 2.24) is 4.57 Å². The first-order valence-electron chi connectivity index (χ1n) is 6.43. The molecule has 3 heteroatoms. The standard InChI is InChI=1S/C15H21NO2/c1-4-8-18-9-7-16-6-5-12-13(16)10-15(2,3)11-14(12)17/h4-6H,1,7-11H2,2-3H3. The molecule has 0 spiro atoms. The number of ether oxygens (including phenoxy) is 1. The largest absolute Gasteiger partial charge is 0.376 e. The summed E-state index contributed by atoms with van der Waals surface area (Å²) in [5.41, 5.74) is 2.14. The summed E-state index contributed by atoms with van der Waals surface area (Å²) in [5.74, 6) is 0.270. The lowest BCUT2D eigenvalue weighted by molar-refractivity contribution is 0.0908. The molecule has 1 heterocycles. The quantitative estimate of drug-likeness (QED) is 0.592. The van der Waals surface area contributed by atoms with Gasteiger partial charge in [-0.25, -0.2) is 0 Å². The minimum absolute atomic E-state index is 0.0716. The lowest BCUT2D eigenvalue weighted by Crippen LogP contribution is -2.28. The van der Waals surface area contributed by atoms with Gasteiger partial charge in [-0.1, -0.05) is 19.9 Å². The van der Waals surface area contributed by atoms with Crippen LogP contribution < -0.4 is 0 Å². The molecule has 0 aliphatic heterocycles. The predicted molar refractivity (Wildman–Crippen MR) is 71.9 cm³/mol.